The molecule has 4 nitrogen and oxygen atoms in total. The number of hydrogen-bond donors (Lipinski definition) is 3. The van der Waals surface area contributed by atoms with E-state index in [9.17, 15) is 0 Å². The van der Waals surface area contributed by atoms with Crippen molar-refractivity contribution in [2.75, 3.05) is 26.3 Å². The molecule has 104 valence electrons. The highest BCUT2D eigenvalue weighted by Gasteiger charge is 2.28. The maximum absolute atomic E-state index is 5.52. The minimum atomic E-state index is 0.401. The van der Waals surface area contributed by atoms with E-state index < -0.39 is 0 Å². The van der Waals surface area contributed by atoms with Gasteiger partial charge in [-0.1, -0.05) is 30.3 Å². The Hall–Kier alpha value is -0.940. The Bertz CT molecular complexity index is 378. The van der Waals surface area contributed by atoms with E-state index >= 15 is 0 Å². The van der Waals surface area contributed by atoms with Crippen molar-refractivity contribution in [2.45, 2.75) is 24.9 Å². The van der Waals surface area contributed by atoms with Crippen molar-refractivity contribution < 1.29 is 4.74 Å². The normalized spacial score (nSPS) is 31.5. The molecule has 1 aromatic rings. The van der Waals surface area contributed by atoms with E-state index in [4.69, 9.17) is 4.74 Å². The van der Waals surface area contributed by atoms with Crippen LogP contribution in [0.5, 0.6) is 0 Å². The Balaban J connectivity index is 1.54. The Kier molecular flexibility index (Phi) is 4.45. The van der Waals surface area contributed by atoms with Gasteiger partial charge in [0, 0.05) is 31.7 Å². The Morgan fingerprint density at radius 2 is 2.16 bits per heavy atom. The van der Waals surface area contributed by atoms with Crippen LogP contribution in [-0.2, 0) is 4.74 Å². The van der Waals surface area contributed by atoms with E-state index in [0.29, 0.717) is 18.0 Å². The second kappa shape index (κ2) is 6.48. The van der Waals surface area contributed by atoms with Crippen LogP contribution in [0.4, 0.5) is 0 Å². The van der Waals surface area contributed by atoms with Gasteiger partial charge in [0.1, 0.15) is 0 Å². The number of hydrogen-bond acceptors (Lipinski definition) is 4. The van der Waals surface area contributed by atoms with E-state index in [0.717, 1.165) is 26.3 Å². The van der Waals surface area contributed by atoms with Gasteiger partial charge in [-0.15, -0.1) is 0 Å². The van der Waals surface area contributed by atoms with Gasteiger partial charge in [0.25, 0.3) is 0 Å². The molecule has 0 bridgehead atoms. The van der Waals surface area contributed by atoms with E-state index in [-0.39, 0.29) is 0 Å². The van der Waals surface area contributed by atoms with Gasteiger partial charge in [-0.3, -0.25) is 5.43 Å². The van der Waals surface area contributed by atoms with Crippen LogP contribution in [0.15, 0.2) is 30.3 Å². The molecule has 2 aliphatic rings. The van der Waals surface area contributed by atoms with Crippen molar-refractivity contribution in [2.24, 2.45) is 5.92 Å². The molecule has 3 atom stereocenters. The second-order valence-electron chi connectivity index (χ2n) is 5.50. The van der Waals surface area contributed by atoms with Crippen LogP contribution in [0.2, 0.25) is 0 Å². The molecule has 0 aromatic heterocycles. The summed E-state index contributed by atoms with van der Waals surface area (Å²) < 4.78 is 5.52. The molecule has 2 heterocycles. The lowest BCUT2D eigenvalue weighted by Gasteiger charge is -2.26. The molecule has 3 N–H and O–H groups in total. The fourth-order valence-electron chi connectivity index (χ4n) is 2.96. The van der Waals surface area contributed by atoms with E-state index in [1.165, 1.54) is 18.4 Å². The summed E-state index contributed by atoms with van der Waals surface area (Å²) in [5, 5.41) is 3.66. The number of benzene rings is 1. The first-order chi connectivity index (χ1) is 9.43. The van der Waals surface area contributed by atoms with Crippen LogP contribution < -0.4 is 16.2 Å². The van der Waals surface area contributed by atoms with Crippen molar-refractivity contribution in [3.8, 4) is 0 Å². The third-order valence-electron chi connectivity index (χ3n) is 4.08. The second-order valence-corrected chi connectivity index (χ2v) is 5.50. The zero-order chi connectivity index (χ0) is 12.9. The zero-order valence-electron chi connectivity index (χ0n) is 11.3. The highest BCUT2D eigenvalue weighted by atomic mass is 16.5. The molecular weight excluding hydrogens is 238 g/mol. The summed E-state index contributed by atoms with van der Waals surface area (Å²) in [5.41, 5.74) is 8.04. The minimum Gasteiger partial charge on any atom is -0.380 e. The first-order valence-corrected chi connectivity index (χ1v) is 7.28. The summed E-state index contributed by atoms with van der Waals surface area (Å²) >= 11 is 0. The molecule has 4 heteroatoms. The van der Waals surface area contributed by atoms with E-state index in [2.05, 4.69) is 46.5 Å². The van der Waals surface area contributed by atoms with Gasteiger partial charge in [-0.25, -0.2) is 5.43 Å². The number of ether oxygens (including phenoxy) is 1. The fraction of sp³-hybridized carbons (Fsp3) is 0.600. The van der Waals surface area contributed by atoms with Gasteiger partial charge < -0.3 is 10.1 Å². The van der Waals surface area contributed by atoms with E-state index in [1.54, 1.807) is 0 Å². The molecule has 2 saturated heterocycles. The van der Waals surface area contributed by atoms with Crippen molar-refractivity contribution in [1.29, 1.82) is 0 Å². The van der Waals surface area contributed by atoms with Gasteiger partial charge in [0.2, 0.25) is 0 Å². The lowest BCUT2D eigenvalue weighted by Crippen LogP contribution is -2.40. The molecule has 3 rings (SSSR count). The van der Waals surface area contributed by atoms with Crippen molar-refractivity contribution in [3.05, 3.63) is 35.9 Å². The van der Waals surface area contributed by atoms with Crippen LogP contribution in [0.3, 0.4) is 0 Å². The molecule has 1 aromatic carbocycles. The summed E-state index contributed by atoms with van der Waals surface area (Å²) in [6.45, 7) is 3.84. The molecule has 3 unspecified atom stereocenters. The molecule has 0 amide bonds. The average Bonchev–Trinajstić information content (AvgIpc) is 2.95. The smallest absolute Gasteiger partial charge is 0.0619 e. The van der Waals surface area contributed by atoms with Crippen LogP contribution in [0.1, 0.15) is 24.4 Å². The van der Waals surface area contributed by atoms with Crippen molar-refractivity contribution >= 4 is 0 Å². The number of rotatable bonds is 4. The quantitative estimate of drug-likeness (QED) is 0.762. The topological polar surface area (TPSA) is 45.3 Å². The summed E-state index contributed by atoms with van der Waals surface area (Å²) in [5.74, 6) is 0.587. The summed E-state index contributed by atoms with van der Waals surface area (Å²) in [6, 6.07) is 11.6. The number of hydrazine groups is 1. The minimum absolute atomic E-state index is 0.401. The Labute approximate surface area is 114 Å². The summed E-state index contributed by atoms with van der Waals surface area (Å²) in [4.78, 5) is 0. The largest absolute Gasteiger partial charge is 0.380 e. The van der Waals surface area contributed by atoms with Gasteiger partial charge in [-0.2, -0.15) is 0 Å². The molecule has 19 heavy (non-hydrogen) atoms. The predicted molar refractivity (Wildman–Crippen MR) is 75.7 cm³/mol. The molecular formula is C15H23N3O. The van der Waals surface area contributed by atoms with E-state index in [1.807, 2.05) is 0 Å². The van der Waals surface area contributed by atoms with Gasteiger partial charge in [0.15, 0.2) is 0 Å². The standard InChI is InChI=1S/C15H23N3O/c1-2-5-12(6-3-1)15-13(10-17-18-15)9-16-14-7-4-8-19-11-14/h1-3,5-6,13-18H,4,7-11H2. The highest BCUT2D eigenvalue weighted by Crippen LogP contribution is 2.24. The lowest BCUT2D eigenvalue weighted by atomic mass is 9.94. The first-order valence-electron chi connectivity index (χ1n) is 7.28. The SMILES string of the molecule is c1ccc(C2NNCC2CNC2CCCOC2)cc1. The summed E-state index contributed by atoms with van der Waals surface area (Å²) in [6.07, 6.45) is 2.42. The lowest BCUT2D eigenvalue weighted by molar-refractivity contribution is 0.0690. The van der Waals surface area contributed by atoms with Gasteiger partial charge in [0.05, 0.1) is 12.6 Å². The Morgan fingerprint density at radius 3 is 2.95 bits per heavy atom. The first kappa shape index (κ1) is 13.1. The molecule has 0 spiro atoms. The van der Waals surface area contributed by atoms with Gasteiger partial charge in [-0.05, 0) is 18.4 Å². The maximum atomic E-state index is 5.52. The average molecular weight is 261 g/mol. The molecule has 0 saturated carbocycles. The number of nitrogens with one attached hydrogen (secondary N) is 3. The highest BCUT2D eigenvalue weighted by molar-refractivity contribution is 5.20. The van der Waals surface area contributed by atoms with Crippen LogP contribution in [0.25, 0.3) is 0 Å². The van der Waals surface area contributed by atoms with Crippen LogP contribution in [-0.4, -0.2) is 32.3 Å². The molecule has 0 radical (unpaired) electrons. The zero-order valence-corrected chi connectivity index (χ0v) is 11.3. The molecule has 2 aliphatic heterocycles. The van der Waals surface area contributed by atoms with Crippen LogP contribution in [0, 0.1) is 5.92 Å². The monoisotopic (exact) mass is 261 g/mol. The predicted octanol–water partition coefficient (Wildman–Crippen LogP) is 1.22. The fourth-order valence-corrected chi connectivity index (χ4v) is 2.96. The summed E-state index contributed by atoms with van der Waals surface area (Å²) in [7, 11) is 0. The molecule has 2 fully saturated rings. The third kappa shape index (κ3) is 3.34. The van der Waals surface area contributed by atoms with Crippen molar-refractivity contribution in [1.82, 2.24) is 16.2 Å². The maximum Gasteiger partial charge on any atom is 0.0619 e. The van der Waals surface area contributed by atoms with Crippen molar-refractivity contribution in [3.63, 3.8) is 0 Å². The van der Waals surface area contributed by atoms with Gasteiger partial charge >= 0.3 is 0 Å². The Morgan fingerprint density at radius 1 is 1.26 bits per heavy atom. The third-order valence-corrected chi connectivity index (χ3v) is 4.08. The van der Waals surface area contributed by atoms with Crippen LogP contribution >= 0.6 is 0 Å². The molecule has 0 aliphatic carbocycles.